The van der Waals surface area contributed by atoms with Gasteiger partial charge in [0.1, 0.15) is 5.75 Å². The Labute approximate surface area is 209 Å². The summed E-state index contributed by atoms with van der Waals surface area (Å²) in [5.41, 5.74) is -2.20. The number of nitrogens with one attached hydrogen (secondary N) is 2. The third kappa shape index (κ3) is 6.80. The third-order valence-electron chi connectivity index (χ3n) is 5.85. The van der Waals surface area contributed by atoms with Gasteiger partial charge in [-0.05, 0) is 48.2 Å². The predicted octanol–water partition coefficient (Wildman–Crippen LogP) is 4.98. The SMILES string of the molecule is CC(=O)NCC1=C(c2ccc(C)cn2)C[C@](c2ccc(OCCCC(F)(F)F)cc2)(C(F)(F)F)NC1=O. The van der Waals surface area contributed by atoms with Crippen molar-refractivity contribution >= 4 is 17.4 Å². The van der Waals surface area contributed by atoms with Gasteiger partial charge in [0, 0.05) is 38.1 Å². The number of ether oxygens (including phenoxy) is 1. The molecule has 0 radical (unpaired) electrons. The summed E-state index contributed by atoms with van der Waals surface area (Å²) in [5, 5.41) is 4.54. The van der Waals surface area contributed by atoms with Crippen LogP contribution in [0.5, 0.6) is 5.75 Å². The van der Waals surface area contributed by atoms with Crippen molar-refractivity contribution in [2.45, 2.75) is 51.0 Å². The maximum atomic E-state index is 14.6. The highest BCUT2D eigenvalue weighted by molar-refractivity contribution is 6.04. The second-order valence-electron chi connectivity index (χ2n) is 8.71. The summed E-state index contributed by atoms with van der Waals surface area (Å²) in [7, 11) is 0. The molecule has 1 aliphatic rings. The summed E-state index contributed by atoms with van der Waals surface area (Å²) in [5.74, 6) is -1.38. The van der Waals surface area contributed by atoms with Gasteiger partial charge >= 0.3 is 12.4 Å². The molecule has 0 bridgehead atoms. The quantitative estimate of drug-likeness (QED) is 0.374. The zero-order valence-electron chi connectivity index (χ0n) is 20.0. The minimum Gasteiger partial charge on any atom is -0.494 e. The number of hydrogen-bond donors (Lipinski definition) is 2. The van der Waals surface area contributed by atoms with E-state index < -0.39 is 42.5 Å². The lowest BCUT2D eigenvalue weighted by molar-refractivity contribution is -0.201. The Morgan fingerprint density at radius 3 is 2.32 bits per heavy atom. The molecular weight excluding hydrogens is 504 g/mol. The monoisotopic (exact) mass is 529 g/mol. The summed E-state index contributed by atoms with van der Waals surface area (Å²) < 4.78 is 86.0. The first kappa shape index (κ1) is 28.0. The van der Waals surface area contributed by atoms with Crippen molar-refractivity contribution in [2.24, 2.45) is 0 Å². The molecule has 2 heterocycles. The van der Waals surface area contributed by atoms with E-state index in [0.29, 0.717) is 0 Å². The lowest BCUT2D eigenvalue weighted by Crippen LogP contribution is -2.59. The first-order valence-electron chi connectivity index (χ1n) is 11.3. The molecule has 12 heteroatoms. The Hall–Kier alpha value is -3.57. The van der Waals surface area contributed by atoms with Gasteiger partial charge < -0.3 is 15.4 Å². The maximum absolute atomic E-state index is 14.6. The van der Waals surface area contributed by atoms with Gasteiger partial charge in [0.15, 0.2) is 5.54 Å². The molecule has 0 saturated carbocycles. The van der Waals surface area contributed by atoms with Gasteiger partial charge in [-0.25, -0.2) is 0 Å². The van der Waals surface area contributed by atoms with E-state index in [1.807, 2.05) is 0 Å². The van der Waals surface area contributed by atoms with Crippen molar-refractivity contribution in [1.29, 1.82) is 0 Å². The van der Waals surface area contributed by atoms with E-state index in [0.717, 1.165) is 17.7 Å². The number of benzene rings is 1. The molecule has 2 aromatic rings. The van der Waals surface area contributed by atoms with E-state index in [-0.39, 0.29) is 47.7 Å². The topological polar surface area (TPSA) is 80.3 Å². The normalized spacial score (nSPS) is 18.4. The summed E-state index contributed by atoms with van der Waals surface area (Å²) >= 11 is 0. The van der Waals surface area contributed by atoms with Crippen LogP contribution in [0.1, 0.15) is 43.0 Å². The van der Waals surface area contributed by atoms with E-state index in [1.165, 1.54) is 31.3 Å². The highest BCUT2D eigenvalue weighted by Crippen LogP contribution is 2.48. The molecule has 2 N–H and O–H groups in total. The van der Waals surface area contributed by atoms with Crippen molar-refractivity contribution in [1.82, 2.24) is 15.6 Å². The van der Waals surface area contributed by atoms with Gasteiger partial charge in [0.25, 0.3) is 0 Å². The lowest BCUT2D eigenvalue weighted by atomic mass is 9.77. The first-order chi connectivity index (χ1) is 17.2. The molecule has 1 aliphatic heterocycles. The highest BCUT2D eigenvalue weighted by atomic mass is 19.4. The van der Waals surface area contributed by atoms with Crippen molar-refractivity contribution in [3.8, 4) is 5.75 Å². The Bertz CT molecular complexity index is 1160. The van der Waals surface area contributed by atoms with Crippen LogP contribution in [0.3, 0.4) is 0 Å². The van der Waals surface area contributed by atoms with Crippen LogP contribution in [-0.4, -0.2) is 42.3 Å². The first-order valence-corrected chi connectivity index (χ1v) is 11.3. The van der Waals surface area contributed by atoms with Crippen LogP contribution in [0, 0.1) is 6.92 Å². The fourth-order valence-electron chi connectivity index (χ4n) is 3.92. The Morgan fingerprint density at radius 2 is 1.78 bits per heavy atom. The number of nitrogens with zero attached hydrogens (tertiary/aromatic N) is 1. The molecule has 1 aromatic carbocycles. The van der Waals surface area contributed by atoms with Gasteiger partial charge in [0.2, 0.25) is 11.8 Å². The number of rotatable bonds is 8. The van der Waals surface area contributed by atoms with Gasteiger partial charge in [-0.2, -0.15) is 26.3 Å². The maximum Gasteiger partial charge on any atom is 0.416 e. The fourth-order valence-corrected chi connectivity index (χ4v) is 3.92. The Morgan fingerprint density at radius 1 is 1.11 bits per heavy atom. The summed E-state index contributed by atoms with van der Waals surface area (Å²) in [6.45, 7) is 2.42. The standard InChI is InChI=1S/C25H25F6N3O3/c1-15-4-9-21(33-13-15)19-12-23(25(29,30)31,34-22(36)20(19)14-32-16(2)35)17-5-7-18(8-6-17)37-11-3-10-24(26,27)28/h4-9,13H,3,10-12,14H2,1-2H3,(H,32,35)(H,34,36)/t23-/m0/s1. The number of hydrogen-bond acceptors (Lipinski definition) is 4. The van der Waals surface area contributed by atoms with Crippen LogP contribution in [0.2, 0.25) is 0 Å². The Balaban J connectivity index is 1.97. The number of carbonyl (C=O) groups is 2. The number of aryl methyl sites for hydroxylation is 1. The molecule has 0 fully saturated rings. The van der Waals surface area contributed by atoms with Crippen LogP contribution in [-0.2, 0) is 15.1 Å². The van der Waals surface area contributed by atoms with Gasteiger partial charge in [0.05, 0.1) is 12.3 Å². The van der Waals surface area contributed by atoms with Crippen LogP contribution in [0.25, 0.3) is 5.57 Å². The number of halogens is 6. The van der Waals surface area contributed by atoms with Crippen LogP contribution in [0.4, 0.5) is 26.3 Å². The molecule has 37 heavy (non-hydrogen) atoms. The molecule has 200 valence electrons. The van der Waals surface area contributed by atoms with Gasteiger partial charge in [-0.1, -0.05) is 18.2 Å². The van der Waals surface area contributed by atoms with E-state index in [4.69, 9.17) is 4.74 Å². The number of carbonyl (C=O) groups excluding carboxylic acids is 2. The average Bonchev–Trinajstić information content (AvgIpc) is 2.80. The summed E-state index contributed by atoms with van der Waals surface area (Å²) in [4.78, 5) is 28.7. The second-order valence-corrected chi connectivity index (χ2v) is 8.71. The lowest BCUT2D eigenvalue weighted by Gasteiger charge is -2.41. The Kier molecular flexibility index (Phi) is 8.19. The smallest absolute Gasteiger partial charge is 0.416 e. The second kappa shape index (κ2) is 10.8. The van der Waals surface area contributed by atoms with Crippen LogP contribution < -0.4 is 15.4 Å². The molecule has 0 saturated heterocycles. The van der Waals surface area contributed by atoms with E-state index in [1.54, 1.807) is 13.0 Å². The molecule has 1 aromatic heterocycles. The minimum atomic E-state index is -4.94. The predicted molar refractivity (Wildman–Crippen MR) is 122 cm³/mol. The van der Waals surface area contributed by atoms with Crippen molar-refractivity contribution in [3.05, 3.63) is 65.0 Å². The van der Waals surface area contributed by atoms with Crippen LogP contribution >= 0.6 is 0 Å². The minimum absolute atomic E-state index is 0.0299. The van der Waals surface area contributed by atoms with Crippen molar-refractivity contribution in [2.75, 3.05) is 13.2 Å². The van der Waals surface area contributed by atoms with E-state index in [9.17, 15) is 35.9 Å². The van der Waals surface area contributed by atoms with Crippen molar-refractivity contribution in [3.63, 3.8) is 0 Å². The van der Waals surface area contributed by atoms with E-state index in [2.05, 4.69) is 15.6 Å². The largest absolute Gasteiger partial charge is 0.494 e. The van der Waals surface area contributed by atoms with Crippen LogP contribution in [0.15, 0.2) is 48.2 Å². The molecule has 0 spiro atoms. The molecular formula is C25H25F6N3O3. The molecule has 3 rings (SSSR count). The number of aromatic nitrogens is 1. The highest BCUT2D eigenvalue weighted by Gasteiger charge is 2.59. The summed E-state index contributed by atoms with van der Waals surface area (Å²) in [6, 6.07) is 7.82. The molecule has 6 nitrogen and oxygen atoms in total. The summed E-state index contributed by atoms with van der Waals surface area (Å²) in [6.07, 6.45) is -9.85. The molecule has 1 atom stereocenters. The van der Waals surface area contributed by atoms with Crippen molar-refractivity contribution < 1.29 is 40.7 Å². The fraction of sp³-hybridized carbons (Fsp3) is 0.400. The zero-order valence-corrected chi connectivity index (χ0v) is 20.0. The van der Waals surface area contributed by atoms with E-state index >= 15 is 0 Å². The molecule has 0 unspecified atom stereocenters. The number of amides is 2. The molecule has 0 aliphatic carbocycles. The molecule has 2 amide bonds. The third-order valence-corrected chi connectivity index (χ3v) is 5.85. The zero-order chi connectivity index (χ0) is 27.4. The number of alkyl halides is 6. The van der Waals surface area contributed by atoms with Gasteiger partial charge in [-0.3, -0.25) is 14.6 Å². The average molecular weight is 529 g/mol. The number of pyridine rings is 1. The van der Waals surface area contributed by atoms with Gasteiger partial charge in [-0.15, -0.1) is 0 Å².